The van der Waals surface area contributed by atoms with E-state index in [0.717, 1.165) is 34.1 Å². The number of halogens is 4. The zero-order valence-electron chi connectivity index (χ0n) is 17.8. The zero-order valence-corrected chi connectivity index (χ0v) is 18.6. The number of nitrogens with one attached hydrogen (secondary N) is 1. The third-order valence-electron chi connectivity index (χ3n) is 5.72. The number of aryl methyl sites for hydroxylation is 1. The normalized spacial score (nSPS) is 16.2. The largest absolute Gasteiger partial charge is 0.315 e. The Morgan fingerprint density at radius 3 is 2.30 bits per heavy atom. The van der Waals surface area contributed by atoms with Crippen LogP contribution in [0.2, 0.25) is 0 Å². The van der Waals surface area contributed by atoms with Crippen molar-refractivity contribution in [1.82, 2.24) is 5.32 Å². The highest BCUT2D eigenvalue weighted by Gasteiger charge is 2.35. The van der Waals surface area contributed by atoms with Gasteiger partial charge in [0.2, 0.25) is 0 Å². The number of hydrogen-bond donors (Lipinski definition) is 1. The van der Waals surface area contributed by atoms with Gasteiger partial charge in [0.05, 0.1) is 16.6 Å². The van der Waals surface area contributed by atoms with E-state index < -0.39 is 44.2 Å². The van der Waals surface area contributed by atoms with Gasteiger partial charge in [-0.2, -0.15) is 0 Å². The summed E-state index contributed by atoms with van der Waals surface area (Å²) in [6.07, 6.45) is 0.295. The predicted molar refractivity (Wildman–Crippen MR) is 118 cm³/mol. The first-order valence-corrected chi connectivity index (χ1v) is 11.8. The van der Waals surface area contributed by atoms with E-state index in [0.29, 0.717) is 31.1 Å². The SMILES string of the molecule is Cc1ccc(N([C@H]2CCNC2)S(=O)(=O)c2ccc(F)c(F)c2)c(Cc2c(F)cccc2F)c1. The van der Waals surface area contributed by atoms with Crippen LogP contribution in [0.3, 0.4) is 0 Å². The third kappa shape index (κ3) is 4.60. The molecular formula is C24H22F4N2O2S. The van der Waals surface area contributed by atoms with Crippen molar-refractivity contribution >= 4 is 15.7 Å². The van der Waals surface area contributed by atoms with Crippen LogP contribution in [-0.2, 0) is 16.4 Å². The monoisotopic (exact) mass is 478 g/mol. The molecule has 1 heterocycles. The van der Waals surface area contributed by atoms with E-state index in [9.17, 15) is 26.0 Å². The maximum absolute atomic E-state index is 14.4. The number of sulfonamides is 1. The smallest absolute Gasteiger partial charge is 0.264 e. The van der Waals surface area contributed by atoms with E-state index in [-0.39, 0.29) is 17.7 Å². The molecule has 4 rings (SSSR count). The fourth-order valence-electron chi connectivity index (χ4n) is 4.08. The van der Waals surface area contributed by atoms with Crippen LogP contribution in [0, 0.1) is 30.2 Å². The summed E-state index contributed by atoms with van der Waals surface area (Å²) in [5, 5.41) is 3.11. The highest BCUT2D eigenvalue weighted by atomic mass is 32.2. The minimum atomic E-state index is -4.33. The van der Waals surface area contributed by atoms with E-state index in [1.54, 1.807) is 25.1 Å². The fourth-order valence-corrected chi connectivity index (χ4v) is 5.80. The molecule has 0 bridgehead atoms. The van der Waals surface area contributed by atoms with E-state index >= 15 is 0 Å². The molecule has 0 unspecified atom stereocenters. The van der Waals surface area contributed by atoms with E-state index in [1.807, 2.05) is 0 Å². The summed E-state index contributed by atoms with van der Waals surface area (Å²) in [6, 6.07) is 10.4. The molecule has 1 aliphatic heterocycles. The van der Waals surface area contributed by atoms with Gasteiger partial charge in [-0.25, -0.2) is 26.0 Å². The summed E-state index contributed by atoms with van der Waals surface area (Å²) < 4.78 is 84.7. The van der Waals surface area contributed by atoms with E-state index in [1.165, 1.54) is 6.07 Å². The third-order valence-corrected chi connectivity index (χ3v) is 7.58. The number of anilines is 1. The average Bonchev–Trinajstić information content (AvgIpc) is 3.28. The van der Waals surface area contributed by atoms with Crippen LogP contribution in [-0.4, -0.2) is 27.5 Å². The predicted octanol–water partition coefficient (Wildman–Crippen LogP) is 4.70. The topological polar surface area (TPSA) is 49.4 Å². The first-order chi connectivity index (χ1) is 15.7. The van der Waals surface area contributed by atoms with Gasteiger partial charge in [0.25, 0.3) is 10.0 Å². The second-order valence-corrected chi connectivity index (χ2v) is 9.85. The average molecular weight is 479 g/mol. The second-order valence-electron chi connectivity index (χ2n) is 8.03. The Labute approximate surface area is 189 Å². The summed E-state index contributed by atoms with van der Waals surface area (Å²) in [5.74, 6) is -3.91. The van der Waals surface area contributed by atoms with E-state index in [2.05, 4.69) is 5.32 Å². The Kier molecular flexibility index (Phi) is 6.45. The molecule has 1 atom stereocenters. The molecule has 1 aliphatic rings. The van der Waals surface area contributed by atoms with Gasteiger partial charge in [0.1, 0.15) is 11.6 Å². The zero-order chi connectivity index (χ0) is 23.8. The molecule has 3 aromatic carbocycles. The maximum atomic E-state index is 14.4. The van der Waals surface area contributed by atoms with Crippen LogP contribution >= 0.6 is 0 Å². The van der Waals surface area contributed by atoms with Crippen molar-refractivity contribution in [3.8, 4) is 0 Å². The molecule has 1 N–H and O–H groups in total. The van der Waals surface area contributed by atoms with Gasteiger partial charge in [-0.15, -0.1) is 0 Å². The first-order valence-electron chi connectivity index (χ1n) is 10.4. The lowest BCUT2D eigenvalue weighted by Gasteiger charge is -2.32. The van der Waals surface area contributed by atoms with Crippen LogP contribution in [0.5, 0.6) is 0 Å². The molecule has 0 radical (unpaired) electrons. The summed E-state index contributed by atoms with van der Waals surface area (Å²) >= 11 is 0. The van der Waals surface area contributed by atoms with Crippen LogP contribution in [0.15, 0.2) is 59.5 Å². The molecule has 0 aliphatic carbocycles. The Hall–Kier alpha value is -2.91. The quantitative estimate of drug-likeness (QED) is 0.523. The number of rotatable bonds is 6. The fraction of sp³-hybridized carbons (Fsp3) is 0.250. The minimum Gasteiger partial charge on any atom is -0.315 e. The van der Waals surface area contributed by atoms with E-state index in [4.69, 9.17) is 0 Å². The summed E-state index contributed by atoms with van der Waals surface area (Å²) in [5.41, 5.74) is 1.23. The molecule has 33 heavy (non-hydrogen) atoms. The van der Waals surface area contributed by atoms with Gasteiger partial charge in [-0.05, 0) is 61.9 Å². The Morgan fingerprint density at radius 2 is 1.67 bits per heavy atom. The van der Waals surface area contributed by atoms with Crippen molar-refractivity contribution in [1.29, 1.82) is 0 Å². The Balaban J connectivity index is 1.87. The van der Waals surface area contributed by atoms with Crippen LogP contribution in [0.1, 0.15) is 23.1 Å². The molecule has 0 spiro atoms. The van der Waals surface area contributed by atoms with Crippen molar-refractivity contribution in [3.05, 3.63) is 94.6 Å². The highest BCUT2D eigenvalue weighted by molar-refractivity contribution is 7.92. The van der Waals surface area contributed by atoms with Gasteiger partial charge in [-0.3, -0.25) is 4.31 Å². The maximum Gasteiger partial charge on any atom is 0.264 e. The molecule has 4 nitrogen and oxygen atoms in total. The molecule has 0 amide bonds. The Morgan fingerprint density at radius 1 is 0.939 bits per heavy atom. The number of nitrogens with zero attached hydrogens (tertiary/aromatic N) is 1. The number of hydrogen-bond acceptors (Lipinski definition) is 3. The molecule has 9 heteroatoms. The van der Waals surface area contributed by atoms with Crippen LogP contribution in [0.4, 0.5) is 23.2 Å². The van der Waals surface area contributed by atoms with Gasteiger partial charge >= 0.3 is 0 Å². The lowest BCUT2D eigenvalue weighted by Crippen LogP contribution is -2.42. The van der Waals surface area contributed by atoms with Gasteiger partial charge in [-0.1, -0.05) is 23.8 Å². The lowest BCUT2D eigenvalue weighted by atomic mass is 9.99. The van der Waals surface area contributed by atoms with Crippen molar-refractivity contribution in [2.75, 3.05) is 17.4 Å². The molecule has 174 valence electrons. The van der Waals surface area contributed by atoms with Crippen LogP contribution < -0.4 is 9.62 Å². The molecule has 1 saturated heterocycles. The van der Waals surface area contributed by atoms with Crippen molar-refractivity contribution in [2.45, 2.75) is 30.7 Å². The van der Waals surface area contributed by atoms with Gasteiger partial charge in [0, 0.05) is 18.5 Å². The molecule has 0 aromatic heterocycles. The van der Waals surface area contributed by atoms with Crippen molar-refractivity contribution < 1.29 is 26.0 Å². The van der Waals surface area contributed by atoms with Crippen molar-refractivity contribution in [2.24, 2.45) is 0 Å². The molecule has 0 saturated carbocycles. The molecular weight excluding hydrogens is 456 g/mol. The highest BCUT2D eigenvalue weighted by Crippen LogP contribution is 2.34. The van der Waals surface area contributed by atoms with Gasteiger partial charge < -0.3 is 5.32 Å². The standard InChI is InChI=1S/C24H22F4N2O2S/c1-15-5-8-24(16(11-15)12-19-20(25)3-2-4-21(19)26)30(17-9-10-29-14-17)33(31,32)18-6-7-22(27)23(28)13-18/h2-8,11,13,17,29H,9-10,12,14H2,1H3/t17-/m0/s1. The first kappa shape index (κ1) is 23.3. The summed E-state index contributed by atoms with van der Waals surface area (Å²) in [7, 11) is -4.33. The van der Waals surface area contributed by atoms with Crippen molar-refractivity contribution in [3.63, 3.8) is 0 Å². The number of benzene rings is 3. The molecule has 1 fully saturated rings. The summed E-state index contributed by atoms with van der Waals surface area (Å²) in [6.45, 7) is 2.69. The molecule has 3 aromatic rings. The van der Waals surface area contributed by atoms with Crippen LogP contribution in [0.25, 0.3) is 0 Å². The summed E-state index contributed by atoms with van der Waals surface area (Å²) in [4.78, 5) is -0.406. The lowest BCUT2D eigenvalue weighted by molar-refractivity contribution is 0.504. The Bertz CT molecular complexity index is 1270. The second kappa shape index (κ2) is 9.15. The minimum absolute atomic E-state index is 0.181. The van der Waals surface area contributed by atoms with Gasteiger partial charge in [0.15, 0.2) is 11.6 Å².